The molecule has 1 heterocycles. The van der Waals surface area contributed by atoms with Crippen LogP contribution in [0.2, 0.25) is 0 Å². The Hall–Kier alpha value is -1.23. The summed E-state index contributed by atoms with van der Waals surface area (Å²) >= 11 is 0. The minimum atomic E-state index is 0.661. The summed E-state index contributed by atoms with van der Waals surface area (Å²) < 4.78 is 0. The summed E-state index contributed by atoms with van der Waals surface area (Å²) in [5.74, 6) is 0.721. The average molecular weight is 162 g/mol. The number of nitrogens with one attached hydrogen (secondary N) is 1. The second-order valence-electron chi connectivity index (χ2n) is 3.44. The molecule has 0 saturated heterocycles. The van der Waals surface area contributed by atoms with E-state index in [1.807, 2.05) is 12.1 Å². The summed E-state index contributed by atoms with van der Waals surface area (Å²) in [7, 11) is 0. The topological polar surface area (TPSA) is 39.6 Å². The molecule has 0 aliphatic carbocycles. The van der Waals surface area contributed by atoms with E-state index in [4.69, 9.17) is 5.26 Å². The zero-order valence-electron chi connectivity index (χ0n) is 7.59. The van der Waals surface area contributed by atoms with Gasteiger partial charge in [-0.25, -0.2) is 0 Å². The van der Waals surface area contributed by atoms with E-state index in [0.29, 0.717) is 5.69 Å². The zero-order valence-corrected chi connectivity index (χ0v) is 7.59. The smallest absolute Gasteiger partial charge is 0.117 e. The van der Waals surface area contributed by atoms with Gasteiger partial charge in [-0.2, -0.15) is 5.26 Å². The Morgan fingerprint density at radius 3 is 2.75 bits per heavy atom. The number of H-pyrrole nitrogens is 1. The van der Waals surface area contributed by atoms with Crippen LogP contribution >= 0.6 is 0 Å². The molecule has 0 saturated carbocycles. The first-order valence-electron chi connectivity index (χ1n) is 4.30. The van der Waals surface area contributed by atoms with E-state index in [1.54, 1.807) is 0 Å². The van der Waals surface area contributed by atoms with E-state index in [9.17, 15) is 0 Å². The van der Waals surface area contributed by atoms with Crippen LogP contribution in [0.5, 0.6) is 0 Å². The quantitative estimate of drug-likeness (QED) is 0.728. The van der Waals surface area contributed by atoms with Crippen molar-refractivity contribution in [3.05, 3.63) is 23.5 Å². The summed E-state index contributed by atoms with van der Waals surface area (Å²) in [5.41, 5.74) is 1.83. The SMILES string of the molecule is CC(C)CCc1ccc(C#N)[nH]1. The first kappa shape index (κ1) is 8.86. The number of nitrogens with zero attached hydrogens (tertiary/aromatic N) is 1. The molecule has 0 aromatic carbocycles. The van der Waals surface area contributed by atoms with E-state index in [2.05, 4.69) is 24.9 Å². The summed E-state index contributed by atoms with van der Waals surface area (Å²) in [4.78, 5) is 3.06. The van der Waals surface area contributed by atoms with Crippen LogP contribution in [0.1, 0.15) is 31.7 Å². The molecule has 1 rings (SSSR count). The number of aromatic nitrogens is 1. The van der Waals surface area contributed by atoms with E-state index >= 15 is 0 Å². The van der Waals surface area contributed by atoms with Gasteiger partial charge >= 0.3 is 0 Å². The largest absolute Gasteiger partial charge is 0.350 e. The van der Waals surface area contributed by atoms with Crippen molar-refractivity contribution >= 4 is 0 Å². The van der Waals surface area contributed by atoms with Gasteiger partial charge in [0.15, 0.2) is 0 Å². The van der Waals surface area contributed by atoms with Crippen LogP contribution in [0.15, 0.2) is 12.1 Å². The minimum absolute atomic E-state index is 0.661. The van der Waals surface area contributed by atoms with Gasteiger partial charge in [0.2, 0.25) is 0 Å². The zero-order chi connectivity index (χ0) is 8.97. The molecule has 1 aromatic heterocycles. The molecule has 0 amide bonds. The van der Waals surface area contributed by atoms with Gasteiger partial charge in [-0.1, -0.05) is 13.8 Å². The fraction of sp³-hybridized carbons (Fsp3) is 0.500. The Morgan fingerprint density at radius 2 is 2.25 bits per heavy atom. The predicted octanol–water partition coefficient (Wildman–Crippen LogP) is 2.47. The monoisotopic (exact) mass is 162 g/mol. The van der Waals surface area contributed by atoms with Gasteiger partial charge < -0.3 is 4.98 Å². The molecule has 2 heteroatoms. The maximum Gasteiger partial charge on any atom is 0.117 e. The lowest BCUT2D eigenvalue weighted by Crippen LogP contribution is -1.92. The van der Waals surface area contributed by atoms with Gasteiger partial charge in [0.1, 0.15) is 11.8 Å². The van der Waals surface area contributed by atoms with Crippen LogP contribution in [0, 0.1) is 17.2 Å². The van der Waals surface area contributed by atoms with Crippen molar-refractivity contribution in [3.63, 3.8) is 0 Å². The van der Waals surface area contributed by atoms with E-state index < -0.39 is 0 Å². The van der Waals surface area contributed by atoms with Crippen LogP contribution in [0.4, 0.5) is 0 Å². The Morgan fingerprint density at radius 1 is 1.50 bits per heavy atom. The Bertz CT molecular complexity index is 278. The first-order valence-corrected chi connectivity index (χ1v) is 4.30. The van der Waals surface area contributed by atoms with Crippen molar-refractivity contribution in [2.45, 2.75) is 26.7 Å². The molecule has 0 bridgehead atoms. The second kappa shape index (κ2) is 3.96. The highest BCUT2D eigenvalue weighted by atomic mass is 14.7. The van der Waals surface area contributed by atoms with Crippen molar-refractivity contribution in [2.24, 2.45) is 5.92 Å². The third kappa shape index (κ3) is 2.43. The molecule has 0 aliphatic rings. The van der Waals surface area contributed by atoms with Crippen LogP contribution in [-0.4, -0.2) is 4.98 Å². The lowest BCUT2D eigenvalue weighted by Gasteiger charge is -2.01. The number of aromatic amines is 1. The van der Waals surface area contributed by atoms with Gasteiger partial charge in [-0.05, 0) is 30.9 Å². The number of hydrogen-bond acceptors (Lipinski definition) is 1. The van der Waals surface area contributed by atoms with Crippen molar-refractivity contribution in [3.8, 4) is 6.07 Å². The van der Waals surface area contributed by atoms with Gasteiger partial charge in [0.25, 0.3) is 0 Å². The Labute approximate surface area is 73.2 Å². The van der Waals surface area contributed by atoms with Gasteiger partial charge in [0, 0.05) is 5.69 Å². The fourth-order valence-corrected chi connectivity index (χ4v) is 1.10. The van der Waals surface area contributed by atoms with Crippen LogP contribution in [0.25, 0.3) is 0 Å². The summed E-state index contributed by atoms with van der Waals surface area (Å²) in [5, 5.41) is 8.55. The number of nitriles is 1. The Balaban J connectivity index is 2.48. The summed E-state index contributed by atoms with van der Waals surface area (Å²) in [6, 6.07) is 5.90. The third-order valence-corrected chi connectivity index (χ3v) is 1.86. The standard InChI is InChI=1S/C10H14N2/c1-8(2)3-4-9-5-6-10(7-11)12-9/h5-6,8,12H,3-4H2,1-2H3. The van der Waals surface area contributed by atoms with Gasteiger partial charge in [0.05, 0.1) is 0 Å². The normalized spacial score (nSPS) is 10.2. The third-order valence-electron chi connectivity index (χ3n) is 1.86. The highest BCUT2D eigenvalue weighted by molar-refractivity contribution is 5.24. The Kier molecular flexibility index (Phi) is 2.93. The van der Waals surface area contributed by atoms with Crippen molar-refractivity contribution in [2.75, 3.05) is 0 Å². The predicted molar refractivity (Wildman–Crippen MR) is 48.7 cm³/mol. The van der Waals surface area contributed by atoms with Crippen molar-refractivity contribution < 1.29 is 0 Å². The van der Waals surface area contributed by atoms with Crippen LogP contribution in [-0.2, 0) is 6.42 Å². The maximum atomic E-state index is 8.55. The maximum absolute atomic E-state index is 8.55. The molecule has 1 aromatic rings. The molecule has 0 unspecified atom stereocenters. The van der Waals surface area contributed by atoms with E-state index in [0.717, 1.165) is 12.3 Å². The van der Waals surface area contributed by atoms with Crippen LogP contribution < -0.4 is 0 Å². The first-order chi connectivity index (χ1) is 5.72. The number of rotatable bonds is 3. The van der Waals surface area contributed by atoms with E-state index in [-0.39, 0.29) is 0 Å². The molecule has 0 aliphatic heterocycles. The van der Waals surface area contributed by atoms with E-state index in [1.165, 1.54) is 12.1 Å². The summed E-state index contributed by atoms with van der Waals surface area (Å²) in [6.07, 6.45) is 2.21. The molecule has 2 nitrogen and oxygen atoms in total. The molecular formula is C10H14N2. The highest BCUT2D eigenvalue weighted by Crippen LogP contribution is 2.08. The number of hydrogen-bond donors (Lipinski definition) is 1. The van der Waals surface area contributed by atoms with Crippen LogP contribution in [0.3, 0.4) is 0 Å². The minimum Gasteiger partial charge on any atom is -0.350 e. The highest BCUT2D eigenvalue weighted by Gasteiger charge is 1.99. The molecule has 0 spiro atoms. The molecule has 0 atom stereocenters. The molecular weight excluding hydrogens is 148 g/mol. The van der Waals surface area contributed by atoms with Gasteiger partial charge in [-0.15, -0.1) is 0 Å². The molecule has 0 radical (unpaired) electrons. The molecule has 1 N–H and O–H groups in total. The lowest BCUT2D eigenvalue weighted by molar-refractivity contribution is 0.582. The number of aryl methyl sites for hydroxylation is 1. The van der Waals surface area contributed by atoms with Crippen molar-refractivity contribution in [1.82, 2.24) is 4.98 Å². The molecule has 12 heavy (non-hydrogen) atoms. The molecule has 64 valence electrons. The average Bonchev–Trinajstić information content (AvgIpc) is 2.48. The fourth-order valence-electron chi connectivity index (χ4n) is 1.10. The summed E-state index contributed by atoms with van der Waals surface area (Å²) in [6.45, 7) is 4.41. The molecule has 0 fully saturated rings. The van der Waals surface area contributed by atoms with Gasteiger partial charge in [-0.3, -0.25) is 0 Å². The van der Waals surface area contributed by atoms with Crippen molar-refractivity contribution in [1.29, 1.82) is 5.26 Å². The second-order valence-corrected chi connectivity index (χ2v) is 3.44. The lowest BCUT2D eigenvalue weighted by atomic mass is 10.1.